The number of carbonyl (C=O) groups is 1. The lowest BCUT2D eigenvalue weighted by atomic mass is 10.2. The number of hydrogen-bond acceptors (Lipinski definition) is 4. The molecule has 1 saturated heterocycles. The number of ether oxygens (including phenoxy) is 1. The van der Waals surface area contributed by atoms with Gasteiger partial charge in [-0.2, -0.15) is 0 Å². The first-order valence-corrected chi connectivity index (χ1v) is 9.17. The molecule has 1 atom stereocenters. The molecule has 1 heterocycles. The maximum atomic E-state index is 11.9. The second-order valence-corrected chi connectivity index (χ2v) is 7.23. The van der Waals surface area contributed by atoms with Crippen LogP contribution in [0.1, 0.15) is 26.2 Å². The van der Waals surface area contributed by atoms with E-state index < -0.39 is 10.0 Å². The van der Waals surface area contributed by atoms with Crippen molar-refractivity contribution in [1.82, 2.24) is 4.72 Å². The van der Waals surface area contributed by atoms with E-state index in [0.29, 0.717) is 19.4 Å². The van der Waals surface area contributed by atoms with E-state index in [1.807, 2.05) is 37.3 Å². The standard InChI is InChI=1S/C15H22N2O4S/c1-2-3-11-22(19,20)16-10-9-14-12-17(15(18)21-14)13-7-5-4-6-8-13/h4-8,14,16H,2-3,9-12H2,1H3. The molecule has 1 amide bonds. The van der Waals surface area contributed by atoms with Gasteiger partial charge in [-0.15, -0.1) is 0 Å². The predicted molar refractivity (Wildman–Crippen MR) is 85.4 cm³/mol. The highest BCUT2D eigenvalue weighted by atomic mass is 32.2. The number of rotatable bonds is 8. The van der Waals surface area contributed by atoms with Gasteiger partial charge in [0.15, 0.2) is 0 Å². The molecule has 0 bridgehead atoms. The van der Waals surface area contributed by atoms with E-state index in [9.17, 15) is 13.2 Å². The smallest absolute Gasteiger partial charge is 0.414 e. The van der Waals surface area contributed by atoms with Crippen LogP contribution in [0.4, 0.5) is 10.5 Å². The van der Waals surface area contributed by atoms with E-state index in [0.717, 1.165) is 12.1 Å². The Kier molecular flexibility index (Phi) is 5.79. The lowest BCUT2D eigenvalue weighted by molar-refractivity contribution is 0.137. The molecule has 0 radical (unpaired) electrons. The molecule has 1 aliphatic heterocycles. The van der Waals surface area contributed by atoms with E-state index in [2.05, 4.69) is 4.72 Å². The van der Waals surface area contributed by atoms with Gasteiger partial charge < -0.3 is 4.74 Å². The third kappa shape index (κ3) is 4.71. The molecular formula is C15H22N2O4S. The fraction of sp³-hybridized carbons (Fsp3) is 0.533. The van der Waals surface area contributed by atoms with Crippen molar-refractivity contribution in [3.8, 4) is 0 Å². The van der Waals surface area contributed by atoms with Crippen molar-refractivity contribution in [1.29, 1.82) is 0 Å². The Labute approximate surface area is 131 Å². The summed E-state index contributed by atoms with van der Waals surface area (Å²) in [6.07, 6.45) is 1.29. The molecule has 1 unspecified atom stereocenters. The van der Waals surface area contributed by atoms with Gasteiger partial charge in [-0.05, 0) is 25.0 Å². The van der Waals surface area contributed by atoms with Crippen molar-refractivity contribution in [3.05, 3.63) is 30.3 Å². The molecule has 2 rings (SSSR count). The third-order valence-electron chi connectivity index (χ3n) is 3.50. The maximum absolute atomic E-state index is 11.9. The third-order valence-corrected chi connectivity index (χ3v) is 4.97. The van der Waals surface area contributed by atoms with Crippen molar-refractivity contribution < 1.29 is 17.9 Å². The molecule has 1 aliphatic rings. The van der Waals surface area contributed by atoms with Crippen LogP contribution >= 0.6 is 0 Å². The number of carbonyl (C=O) groups excluding carboxylic acids is 1. The summed E-state index contributed by atoms with van der Waals surface area (Å²) < 4.78 is 31.2. The van der Waals surface area contributed by atoms with Crippen LogP contribution in [0.5, 0.6) is 0 Å². The molecule has 0 aliphatic carbocycles. The van der Waals surface area contributed by atoms with E-state index >= 15 is 0 Å². The van der Waals surface area contributed by atoms with Crippen LogP contribution in [-0.2, 0) is 14.8 Å². The number of nitrogens with one attached hydrogen (secondary N) is 1. The normalized spacial score (nSPS) is 18.5. The highest BCUT2D eigenvalue weighted by molar-refractivity contribution is 7.89. The Morgan fingerprint density at radius 1 is 1.32 bits per heavy atom. The topological polar surface area (TPSA) is 75.7 Å². The van der Waals surface area contributed by atoms with E-state index in [1.54, 1.807) is 4.90 Å². The SMILES string of the molecule is CCCCS(=O)(=O)NCCC1CN(c2ccccc2)C(=O)O1. The van der Waals surface area contributed by atoms with Crippen LogP contribution in [0.2, 0.25) is 0 Å². The van der Waals surface area contributed by atoms with E-state index in [4.69, 9.17) is 4.74 Å². The molecule has 7 heteroatoms. The summed E-state index contributed by atoms with van der Waals surface area (Å²) in [5.41, 5.74) is 0.790. The zero-order valence-corrected chi connectivity index (χ0v) is 13.5. The molecular weight excluding hydrogens is 304 g/mol. The second kappa shape index (κ2) is 7.60. The number of benzene rings is 1. The Morgan fingerprint density at radius 2 is 2.05 bits per heavy atom. The van der Waals surface area contributed by atoms with Crippen LogP contribution in [-0.4, -0.2) is 39.5 Å². The lowest BCUT2D eigenvalue weighted by Gasteiger charge is -2.12. The minimum absolute atomic E-state index is 0.143. The largest absolute Gasteiger partial charge is 0.444 e. The molecule has 1 fully saturated rings. The number of amides is 1. The number of sulfonamides is 1. The zero-order chi connectivity index (χ0) is 16.0. The van der Waals surface area contributed by atoms with Gasteiger partial charge in [0, 0.05) is 12.2 Å². The summed E-state index contributed by atoms with van der Waals surface area (Å²) in [5, 5.41) is 0. The first kappa shape index (κ1) is 16.8. The predicted octanol–water partition coefficient (Wildman–Crippen LogP) is 2.12. The quantitative estimate of drug-likeness (QED) is 0.794. The first-order chi connectivity index (χ1) is 10.5. The number of hydrogen-bond donors (Lipinski definition) is 1. The van der Waals surface area contributed by atoms with Gasteiger partial charge in [-0.3, -0.25) is 4.90 Å². The van der Waals surface area contributed by atoms with Gasteiger partial charge in [0.25, 0.3) is 0 Å². The Morgan fingerprint density at radius 3 is 2.73 bits per heavy atom. The highest BCUT2D eigenvalue weighted by Crippen LogP contribution is 2.22. The lowest BCUT2D eigenvalue weighted by Crippen LogP contribution is -2.30. The summed E-state index contributed by atoms with van der Waals surface area (Å²) >= 11 is 0. The first-order valence-electron chi connectivity index (χ1n) is 7.52. The highest BCUT2D eigenvalue weighted by Gasteiger charge is 2.31. The van der Waals surface area contributed by atoms with Crippen LogP contribution in [0.25, 0.3) is 0 Å². The molecule has 1 N–H and O–H groups in total. The summed E-state index contributed by atoms with van der Waals surface area (Å²) in [6, 6.07) is 9.29. The van der Waals surface area contributed by atoms with Crippen molar-refractivity contribution in [2.24, 2.45) is 0 Å². The maximum Gasteiger partial charge on any atom is 0.414 e. The molecule has 1 aromatic carbocycles. The molecule has 22 heavy (non-hydrogen) atoms. The van der Waals surface area contributed by atoms with Gasteiger partial charge in [-0.25, -0.2) is 17.9 Å². The van der Waals surface area contributed by atoms with E-state index in [1.165, 1.54) is 0 Å². The second-order valence-electron chi connectivity index (χ2n) is 5.31. The average Bonchev–Trinajstić information content (AvgIpc) is 2.87. The van der Waals surface area contributed by atoms with Gasteiger partial charge >= 0.3 is 6.09 Å². The van der Waals surface area contributed by atoms with Crippen LogP contribution in [0.3, 0.4) is 0 Å². The fourth-order valence-electron chi connectivity index (χ4n) is 2.27. The van der Waals surface area contributed by atoms with Gasteiger partial charge in [-0.1, -0.05) is 31.5 Å². The van der Waals surface area contributed by atoms with Crippen molar-refractivity contribution >= 4 is 21.8 Å². The van der Waals surface area contributed by atoms with Crippen molar-refractivity contribution in [2.75, 3.05) is 23.7 Å². The summed E-state index contributed by atoms with van der Waals surface area (Å²) in [7, 11) is -3.22. The Hall–Kier alpha value is -1.60. The summed E-state index contributed by atoms with van der Waals surface area (Å²) in [5.74, 6) is 0.143. The number of unbranched alkanes of at least 4 members (excludes halogenated alkanes) is 1. The summed E-state index contributed by atoms with van der Waals surface area (Å²) in [6.45, 7) is 2.68. The Bertz CT molecular complexity index is 589. The zero-order valence-electron chi connectivity index (χ0n) is 12.7. The number of anilines is 1. The van der Waals surface area contributed by atoms with Gasteiger partial charge in [0.05, 0.1) is 12.3 Å². The van der Waals surface area contributed by atoms with Gasteiger partial charge in [0.2, 0.25) is 10.0 Å². The molecule has 0 aromatic heterocycles. The monoisotopic (exact) mass is 326 g/mol. The molecule has 1 aromatic rings. The molecule has 122 valence electrons. The summed E-state index contributed by atoms with van der Waals surface area (Å²) in [4.78, 5) is 13.4. The fourth-order valence-corrected chi connectivity index (χ4v) is 3.51. The van der Waals surface area contributed by atoms with Gasteiger partial charge in [0.1, 0.15) is 6.10 Å². The van der Waals surface area contributed by atoms with Crippen LogP contribution in [0.15, 0.2) is 30.3 Å². The van der Waals surface area contributed by atoms with E-state index in [-0.39, 0.29) is 24.5 Å². The Balaban J connectivity index is 1.80. The minimum atomic E-state index is -3.22. The molecule has 6 nitrogen and oxygen atoms in total. The van der Waals surface area contributed by atoms with Crippen molar-refractivity contribution in [3.63, 3.8) is 0 Å². The average molecular weight is 326 g/mol. The number of para-hydroxylation sites is 1. The van der Waals surface area contributed by atoms with Crippen LogP contribution < -0.4 is 9.62 Å². The number of nitrogens with zero attached hydrogens (tertiary/aromatic N) is 1. The van der Waals surface area contributed by atoms with Crippen LogP contribution in [0, 0.1) is 0 Å². The number of cyclic esters (lactones) is 1. The van der Waals surface area contributed by atoms with Crippen molar-refractivity contribution in [2.45, 2.75) is 32.3 Å². The molecule has 0 saturated carbocycles. The molecule has 0 spiro atoms. The minimum Gasteiger partial charge on any atom is -0.444 e.